The van der Waals surface area contributed by atoms with Gasteiger partial charge in [-0.15, -0.1) is 0 Å². The molecule has 0 fully saturated rings. The molecule has 2 aromatic heterocycles. The molecule has 0 radical (unpaired) electrons. The topological polar surface area (TPSA) is 79.9 Å². The first-order chi connectivity index (χ1) is 12.6. The second kappa shape index (κ2) is 6.78. The summed E-state index contributed by atoms with van der Waals surface area (Å²) in [6.07, 6.45) is 4.03. The highest BCUT2D eigenvalue weighted by Gasteiger charge is 2.21. The second-order valence-electron chi connectivity index (χ2n) is 6.78. The number of aromatic nitrogens is 6. The van der Waals surface area contributed by atoms with Crippen molar-refractivity contribution >= 4 is 0 Å². The van der Waals surface area contributed by atoms with Crippen LogP contribution in [0.3, 0.4) is 0 Å². The lowest BCUT2D eigenvalue weighted by atomic mass is 10.1. The van der Waals surface area contributed by atoms with Gasteiger partial charge in [0.25, 0.3) is 0 Å². The first-order valence-electron chi connectivity index (χ1n) is 8.82. The van der Waals surface area contributed by atoms with Gasteiger partial charge < -0.3 is 9.47 Å². The molecule has 136 valence electrons. The molecular weight excluding hydrogens is 332 g/mol. The number of hydrogen-bond acceptors (Lipinski definition) is 6. The van der Waals surface area contributed by atoms with E-state index in [0.29, 0.717) is 19.1 Å². The number of ether oxygens (including phenoxy) is 2. The van der Waals surface area contributed by atoms with E-state index in [2.05, 4.69) is 23.9 Å². The average molecular weight is 354 g/mol. The first-order valence-corrected chi connectivity index (χ1v) is 8.82. The van der Waals surface area contributed by atoms with Gasteiger partial charge in [0.2, 0.25) is 0 Å². The maximum Gasteiger partial charge on any atom is 0.163 e. The van der Waals surface area contributed by atoms with E-state index >= 15 is 0 Å². The van der Waals surface area contributed by atoms with E-state index in [9.17, 15) is 0 Å². The lowest BCUT2D eigenvalue weighted by Crippen LogP contribution is -2.17. The van der Waals surface area contributed by atoms with Crippen molar-refractivity contribution in [3.05, 3.63) is 42.5 Å². The van der Waals surface area contributed by atoms with E-state index in [1.807, 2.05) is 29.8 Å². The summed E-state index contributed by atoms with van der Waals surface area (Å²) < 4.78 is 15.0. The molecule has 8 nitrogen and oxygen atoms in total. The molecule has 4 rings (SSSR count). The third kappa shape index (κ3) is 3.14. The SMILES string of the molecule is CC(C)Cc1nc(C(C)n2cncn2)n(-c2ccc3c(c2)OCCO3)n1. The quantitative estimate of drug-likeness (QED) is 0.700. The van der Waals surface area contributed by atoms with Crippen molar-refractivity contribution in [2.24, 2.45) is 5.92 Å². The summed E-state index contributed by atoms with van der Waals surface area (Å²) in [6, 6.07) is 5.73. The largest absolute Gasteiger partial charge is 0.486 e. The molecule has 1 unspecified atom stereocenters. The van der Waals surface area contributed by atoms with E-state index in [4.69, 9.17) is 19.6 Å². The van der Waals surface area contributed by atoms with Crippen molar-refractivity contribution in [1.82, 2.24) is 29.5 Å². The third-order valence-electron chi connectivity index (χ3n) is 4.24. The molecule has 0 aliphatic carbocycles. The van der Waals surface area contributed by atoms with Crippen molar-refractivity contribution in [2.45, 2.75) is 33.2 Å². The van der Waals surface area contributed by atoms with E-state index in [1.54, 1.807) is 11.0 Å². The lowest BCUT2D eigenvalue weighted by molar-refractivity contribution is 0.171. The lowest BCUT2D eigenvalue weighted by Gasteiger charge is -2.19. The van der Waals surface area contributed by atoms with Crippen molar-refractivity contribution in [1.29, 1.82) is 0 Å². The van der Waals surface area contributed by atoms with Crippen LogP contribution in [0.15, 0.2) is 30.9 Å². The third-order valence-corrected chi connectivity index (χ3v) is 4.24. The summed E-state index contributed by atoms with van der Waals surface area (Å²) in [7, 11) is 0. The molecule has 0 saturated carbocycles. The minimum atomic E-state index is -0.0980. The molecule has 1 atom stereocenters. The Morgan fingerprint density at radius 1 is 1.12 bits per heavy atom. The van der Waals surface area contributed by atoms with Gasteiger partial charge in [-0.05, 0) is 25.0 Å². The molecule has 0 saturated heterocycles. The monoisotopic (exact) mass is 354 g/mol. The van der Waals surface area contributed by atoms with Gasteiger partial charge in [-0.2, -0.15) is 10.2 Å². The van der Waals surface area contributed by atoms with Crippen molar-refractivity contribution in [2.75, 3.05) is 13.2 Å². The smallest absolute Gasteiger partial charge is 0.163 e. The molecule has 26 heavy (non-hydrogen) atoms. The molecule has 0 spiro atoms. The van der Waals surface area contributed by atoms with Gasteiger partial charge in [-0.3, -0.25) is 0 Å². The molecule has 0 amide bonds. The Bertz CT molecular complexity index is 887. The average Bonchev–Trinajstić information content (AvgIpc) is 3.30. The van der Waals surface area contributed by atoms with Gasteiger partial charge in [0.05, 0.1) is 5.69 Å². The molecular formula is C18H22N6O2. The van der Waals surface area contributed by atoms with Crippen LogP contribution in [0.25, 0.3) is 5.69 Å². The Kier molecular flexibility index (Phi) is 4.32. The Labute approximate surface area is 151 Å². The van der Waals surface area contributed by atoms with Gasteiger partial charge >= 0.3 is 0 Å². The molecule has 3 heterocycles. The summed E-state index contributed by atoms with van der Waals surface area (Å²) in [5.41, 5.74) is 0.888. The van der Waals surface area contributed by atoms with Gasteiger partial charge in [0, 0.05) is 12.5 Å². The van der Waals surface area contributed by atoms with Crippen LogP contribution in [-0.2, 0) is 6.42 Å². The van der Waals surface area contributed by atoms with Crippen LogP contribution >= 0.6 is 0 Å². The maximum atomic E-state index is 5.72. The standard InChI is InChI=1S/C18H22N6O2/c1-12(2)8-17-21-18(13(3)23-11-19-10-20-23)24(22-17)14-4-5-15-16(9-14)26-7-6-25-15/h4-5,9-13H,6-8H2,1-3H3. The summed E-state index contributed by atoms with van der Waals surface area (Å²) in [5.74, 6) is 3.59. The Hall–Kier alpha value is -2.90. The highest BCUT2D eigenvalue weighted by atomic mass is 16.6. The van der Waals surface area contributed by atoms with Crippen LogP contribution in [-0.4, -0.2) is 42.7 Å². The number of rotatable bonds is 5. The van der Waals surface area contributed by atoms with Crippen molar-refractivity contribution in [3.8, 4) is 17.2 Å². The molecule has 1 aromatic carbocycles. The van der Waals surface area contributed by atoms with Gasteiger partial charge in [-0.25, -0.2) is 19.3 Å². The number of hydrogen-bond donors (Lipinski definition) is 0. The Balaban J connectivity index is 1.77. The molecule has 1 aliphatic heterocycles. The summed E-state index contributed by atoms with van der Waals surface area (Å²) in [4.78, 5) is 8.83. The second-order valence-corrected chi connectivity index (χ2v) is 6.78. The predicted molar refractivity (Wildman–Crippen MR) is 94.7 cm³/mol. The fourth-order valence-corrected chi connectivity index (χ4v) is 2.98. The van der Waals surface area contributed by atoms with Crippen molar-refractivity contribution in [3.63, 3.8) is 0 Å². The highest BCUT2D eigenvalue weighted by Crippen LogP contribution is 2.32. The van der Waals surface area contributed by atoms with E-state index in [0.717, 1.165) is 35.3 Å². The molecule has 8 heteroatoms. The Morgan fingerprint density at radius 2 is 1.92 bits per heavy atom. The zero-order chi connectivity index (χ0) is 18.1. The molecule has 0 N–H and O–H groups in total. The fraction of sp³-hybridized carbons (Fsp3) is 0.444. The van der Waals surface area contributed by atoms with Gasteiger partial charge in [0.15, 0.2) is 23.1 Å². The normalized spacial score (nSPS) is 14.6. The van der Waals surface area contributed by atoms with Gasteiger partial charge in [-0.1, -0.05) is 13.8 Å². The maximum absolute atomic E-state index is 5.72. The van der Waals surface area contributed by atoms with Crippen molar-refractivity contribution < 1.29 is 9.47 Å². The number of benzene rings is 1. The van der Waals surface area contributed by atoms with Crippen LogP contribution in [0, 0.1) is 5.92 Å². The van der Waals surface area contributed by atoms with E-state index < -0.39 is 0 Å². The van der Waals surface area contributed by atoms with E-state index in [-0.39, 0.29) is 6.04 Å². The zero-order valence-electron chi connectivity index (χ0n) is 15.2. The highest BCUT2D eigenvalue weighted by molar-refractivity contribution is 5.49. The van der Waals surface area contributed by atoms with Gasteiger partial charge in [0.1, 0.15) is 31.9 Å². The van der Waals surface area contributed by atoms with Crippen LogP contribution in [0.4, 0.5) is 0 Å². The summed E-state index contributed by atoms with van der Waals surface area (Å²) in [5, 5.41) is 9.00. The number of fused-ring (bicyclic) bond motifs is 1. The first kappa shape index (κ1) is 16.6. The molecule has 3 aromatic rings. The molecule has 0 bridgehead atoms. The predicted octanol–water partition coefficient (Wildman–Crippen LogP) is 2.44. The Morgan fingerprint density at radius 3 is 2.65 bits per heavy atom. The fourth-order valence-electron chi connectivity index (χ4n) is 2.98. The molecule has 1 aliphatic rings. The van der Waals surface area contributed by atoms with Crippen LogP contribution in [0.1, 0.15) is 38.5 Å². The van der Waals surface area contributed by atoms with Crippen LogP contribution < -0.4 is 9.47 Å². The van der Waals surface area contributed by atoms with Crippen LogP contribution in [0.5, 0.6) is 11.5 Å². The zero-order valence-corrected chi connectivity index (χ0v) is 15.2. The minimum absolute atomic E-state index is 0.0980. The summed E-state index contributed by atoms with van der Waals surface area (Å²) >= 11 is 0. The minimum Gasteiger partial charge on any atom is -0.486 e. The number of nitrogens with zero attached hydrogens (tertiary/aromatic N) is 6. The van der Waals surface area contributed by atoms with E-state index in [1.165, 1.54) is 6.33 Å². The van der Waals surface area contributed by atoms with Crippen LogP contribution in [0.2, 0.25) is 0 Å². The summed E-state index contributed by atoms with van der Waals surface area (Å²) in [6.45, 7) is 7.47.